The molecule has 28 heavy (non-hydrogen) atoms. The Morgan fingerprint density at radius 2 is 1.82 bits per heavy atom. The van der Waals surface area contributed by atoms with Crippen LogP contribution in [0.25, 0.3) is 11.0 Å². The van der Waals surface area contributed by atoms with Crippen molar-refractivity contribution < 1.29 is 8.78 Å². The molecule has 1 aliphatic heterocycles. The van der Waals surface area contributed by atoms with Crippen LogP contribution in [0, 0.1) is 17.6 Å². The Kier molecular flexibility index (Phi) is 4.77. The molecule has 2 aromatic heterocycles. The zero-order valence-electron chi connectivity index (χ0n) is 16.5. The van der Waals surface area contributed by atoms with Crippen LogP contribution in [-0.2, 0) is 12.0 Å². The number of fused-ring (bicyclic) bond motifs is 1. The average molecular weight is 385 g/mol. The molecule has 1 aromatic carbocycles. The number of rotatable bonds is 3. The summed E-state index contributed by atoms with van der Waals surface area (Å²) in [6.07, 6.45) is 6.19. The molecule has 4 rings (SSSR count). The number of aromatic nitrogens is 4. The van der Waals surface area contributed by atoms with Gasteiger partial charge in [0, 0.05) is 13.1 Å². The maximum Gasteiger partial charge on any atom is 0.163 e. The van der Waals surface area contributed by atoms with Crippen LogP contribution in [0.5, 0.6) is 0 Å². The van der Waals surface area contributed by atoms with E-state index < -0.39 is 11.6 Å². The summed E-state index contributed by atoms with van der Waals surface area (Å²) in [6.45, 7) is 8.06. The van der Waals surface area contributed by atoms with Gasteiger partial charge in [-0.05, 0) is 63.6 Å². The predicted octanol–water partition coefficient (Wildman–Crippen LogP) is 4.32. The second kappa shape index (κ2) is 7.11. The highest BCUT2D eigenvalue weighted by atomic mass is 19.2. The minimum absolute atomic E-state index is 0.148. The van der Waals surface area contributed by atoms with Crippen LogP contribution in [0.2, 0.25) is 0 Å². The van der Waals surface area contributed by atoms with Crippen molar-refractivity contribution in [2.75, 3.05) is 18.0 Å². The summed E-state index contributed by atoms with van der Waals surface area (Å²) in [6, 6.07) is 4.21. The van der Waals surface area contributed by atoms with Crippen LogP contribution >= 0.6 is 0 Å². The van der Waals surface area contributed by atoms with Gasteiger partial charge in [0.25, 0.3) is 0 Å². The van der Waals surface area contributed by atoms with Gasteiger partial charge < -0.3 is 4.90 Å². The first-order valence-corrected chi connectivity index (χ1v) is 9.71. The second-order valence-electron chi connectivity index (χ2n) is 8.54. The molecule has 0 unspecified atom stereocenters. The van der Waals surface area contributed by atoms with Crippen molar-refractivity contribution in [2.45, 2.75) is 45.6 Å². The third kappa shape index (κ3) is 3.57. The van der Waals surface area contributed by atoms with E-state index in [0.29, 0.717) is 5.92 Å². The number of piperidine rings is 1. The first-order chi connectivity index (χ1) is 13.3. The molecular weight excluding hydrogens is 360 g/mol. The first-order valence-electron chi connectivity index (χ1n) is 9.71. The van der Waals surface area contributed by atoms with E-state index in [4.69, 9.17) is 0 Å². The van der Waals surface area contributed by atoms with Crippen LogP contribution in [-0.4, -0.2) is 32.8 Å². The Morgan fingerprint density at radius 1 is 1.07 bits per heavy atom. The average Bonchev–Trinajstić information content (AvgIpc) is 3.10. The Labute approximate surface area is 163 Å². The molecule has 0 bridgehead atoms. The van der Waals surface area contributed by atoms with Crippen molar-refractivity contribution >= 4 is 16.9 Å². The lowest BCUT2D eigenvalue weighted by Crippen LogP contribution is -2.35. The SMILES string of the molecule is CC(C)(C)n1ncc2c(N3CCC(Cc4ccc(F)c(F)c4)CC3)ncnc21. The predicted molar refractivity (Wildman–Crippen MR) is 105 cm³/mol. The molecule has 5 nitrogen and oxygen atoms in total. The zero-order valence-corrected chi connectivity index (χ0v) is 16.5. The molecule has 148 valence electrons. The molecule has 1 fully saturated rings. The summed E-state index contributed by atoms with van der Waals surface area (Å²) in [5, 5.41) is 5.50. The van der Waals surface area contributed by atoms with Gasteiger partial charge in [-0.25, -0.2) is 23.4 Å². The van der Waals surface area contributed by atoms with Gasteiger partial charge in [-0.2, -0.15) is 5.10 Å². The number of hydrogen-bond donors (Lipinski definition) is 0. The lowest BCUT2D eigenvalue weighted by molar-refractivity contribution is 0.366. The van der Waals surface area contributed by atoms with Crippen molar-refractivity contribution in [1.82, 2.24) is 19.7 Å². The minimum Gasteiger partial charge on any atom is -0.356 e. The van der Waals surface area contributed by atoms with E-state index in [1.54, 1.807) is 12.4 Å². The molecule has 0 spiro atoms. The van der Waals surface area contributed by atoms with Gasteiger partial charge in [0.2, 0.25) is 0 Å². The van der Waals surface area contributed by atoms with Gasteiger partial charge in [-0.15, -0.1) is 0 Å². The van der Waals surface area contributed by atoms with Crippen LogP contribution in [0.15, 0.2) is 30.7 Å². The molecule has 0 radical (unpaired) electrons. The van der Waals surface area contributed by atoms with Gasteiger partial charge in [-0.1, -0.05) is 6.07 Å². The lowest BCUT2D eigenvalue weighted by Gasteiger charge is -2.33. The Morgan fingerprint density at radius 3 is 2.50 bits per heavy atom. The summed E-state index contributed by atoms with van der Waals surface area (Å²) in [5.74, 6) is -0.182. The van der Waals surface area contributed by atoms with Crippen molar-refractivity contribution in [2.24, 2.45) is 5.92 Å². The highest BCUT2D eigenvalue weighted by Gasteiger charge is 2.25. The molecule has 0 saturated carbocycles. The normalized spacial score (nSPS) is 16.1. The van der Waals surface area contributed by atoms with Gasteiger partial charge >= 0.3 is 0 Å². The molecule has 0 aliphatic carbocycles. The van der Waals surface area contributed by atoms with Gasteiger partial charge in [0.1, 0.15) is 12.1 Å². The van der Waals surface area contributed by atoms with E-state index >= 15 is 0 Å². The van der Waals surface area contributed by atoms with Crippen LogP contribution in [0.3, 0.4) is 0 Å². The van der Waals surface area contributed by atoms with Gasteiger partial charge in [-0.3, -0.25) is 0 Å². The summed E-state index contributed by atoms with van der Waals surface area (Å²) in [7, 11) is 0. The quantitative estimate of drug-likeness (QED) is 0.674. The summed E-state index contributed by atoms with van der Waals surface area (Å²) in [5.41, 5.74) is 1.56. The van der Waals surface area contributed by atoms with E-state index in [2.05, 4.69) is 40.7 Å². The largest absolute Gasteiger partial charge is 0.356 e. The Balaban J connectivity index is 1.48. The maximum atomic E-state index is 13.4. The second-order valence-corrected chi connectivity index (χ2v) is 8.54. The molecule has 7 heteroatoms. The fourth-order valence-electron chi connectivity index (χ4n) is 3.92. The van der Waals surface area contributed by atoms with Crippen molar-refractivity contribution in [3.8, 4) is 0 Å². The van der Waals surface area contributed by atoms with E-state index in [1.165, 1.54) is 12.1 Å². The van der Waals surface area contributed by atoms with Crippen LogP contribution in [0.4, 0.5) is 14.6 Å². The molecule has 3 heterocycles. The fourth-order valence-corrected chi connectivity index (χ4v) is 3.92. The zero-order chi connectivity index (χ0) is 19.9. The Bertz CT molecular complexity index is 984. The summed E-state index contributed by atoms with van der Waals surface area (Å²) in [4.78, 5) is 11.3. The topological polar surface area (TPSA) is 46.8 Å². The maximum absolute atomic E-state index is 13.4. The van der Waals surface area contributed by atoms with Crippen LogP contribution < -0.4 is 4.90 Å². The molecule has 0 amide bonds. The molecule has 3 aromatic rings. The fraction of sp³-hybridized carbons (Fsp3) is 0.476. The van der Waals surface area contributed by atoms with Gasteiger partial charge in [0.15, 0.2) is 17.3 Å². The van der Waals surface area contributed by atoms with E-state index in [9.17, 15) is 8.78 Å². The van der Waals surface area contributed by atoms with E-state index in [1.807, 2.05) is 10.9 Å². The standard InChI is InChI=1S/C21H25F2N5/c1-21(2,3)28-20-16(12-26-28)19(24-13-25-20)27-8-6-14(7-9-27)10-15-4-5-17(22)18(23)11-15/h4-5,11-14H,6-10H2,1-3H3. The number of nitrogens with zero attached hydrogens (tertiary/aromatic N) is 5. The number of hydrogen-bond acceptors (Lipinski definition) is 4. The minimum atomic E-state index is -0.790. The number of halogens is 2. The number of benzene rings is 1. The molecule has 0 N–H and O–H groups in total. The monoisotopic (exact) mass is 385 g/mol. The van der Waals surface area contributed by atoms with Gasteiger partial charge in [0.05, 0.1) is 17.1 Å². The third-order valence-electron chi connectivity index (χ3n) is 5.40. The number of anilines is 1. The van der Waals surface area contributed by atoms with E-state index in [0.717, 1.165) is 54.8 Å². The highest BCUT2D eigenvalue weighted by molar-refractivity contribution is 5.86. The van der Waals surface area contributed by atoms with Crippen molar-refractivity contribution in [1.29, 1.82) is 0 Å². The Hall–Kier alpha value is -2.57. The molecule has 1 aliphatic rings. The summed E-state index contributed by atoms with van der Waals surface area (Å²) >= 11 is 0. The molecule has 0 atom stereocenters. The first kappa shape index (κ1) is 18.8. The van der Waals surface area contributed by atoms with Crippen molar-refractivity contribution in [3.63, 3.8) is 0 Å². The molecular formula is C21H25F2N5. The van der Waals surface area contributed by atoms with Crippen LogP contribution in [0.1, 0.15) is 39.2 Å². The third-order valence-corrected chi connectivity index (χ3v) is 5.40. The molecule has 1 saturated heterocycles. The van der Waals surface area contributed by atoms with Crippen molar-refractivity contribution in [3.05, 3.63) is 47.9 Å². The lowest BCUT2D eigenvalue weighted by atomic mass is 9.90. The highest BCUT2D eigenvalue weighted by Crippen LogP contribution is 2.30. The van der Waals surface area contributed by atoms with E-state index in [-0.39, 0.29) is 5.54 Å². The smallest absolute Gasteiger partial charge is 0.163 e. The summed E-state index contributed by atoms with van der Waals surface area (Å²) < 4.78 is 28.5.